The number of rotatable bonds is 10. The summed E-state index contributed by atoms with van der Waals surface area (Å²) < 4.78 is 10.2. The quantitative estimate of drug-likeness (QED) is 0.113. The number of hydroxylamine groups is 1. The fraction of sp³-hybridized carbons (Fsp3) is 0.395. The Morgan fingerprint density at radius 1 is 0.962 bits per heavy atom. The van der Waals surface area contributed by atoms with Gasteiger partial charge in [0.05, 0.1) is 40.1 Å². The highest BCUT2D eigenvalue weighted by atomic mass is 35.5. The predicted molar refractivity (Wildman–Crippen MR) is 200 cm³/mol. The molecule has 2 aliphatic rings. The monoisotopic (exact) mass is 744 g/mol. The molecule has 52 heavy (non-hydrogen) atoms. The van der Waals surface area contributed by atoms with Crippen LogP contribution in [0.15, 0.2) is 66.9 Å². The van der Waals surface area contributed by atoms with Gasteiger partial charge in [-0.3, -0.25) is 9.20 Å². The molecule has 1 fully saturated rings. The number of fused-ring (bicyclic) bond motifs is 2. The third-order valence-corrected chi connectivity index (χ3v) is 10.3. The van der Waals surface area contributed by atoms with Gasteiger partial charge in [-0.2, -0.15) is 5.10 Å². The van der Waals surface area contributed by atoms with Gasteiger partial charge < -0.3 is 19.8 Å². The highest BCUT2D eigenvalue weighted by molar-refractivity contribution is 6.39. The summed E-state index contributed by atoms with van der Waals surface area (Å²) in [5, 5.41) is 18.6. The van der Waals surface area contributed by atoms with Crippen LogP contribution in [0.2, 0.25) is 10.0 Å². The number of piperidine rings is 1. The second kappa shape index (κ2) is 15.1. The van der Waals surface area contributed by atoms with Crippen LogP contribution in [0.4, 0.5) is 10.6 Å². The average molecular weight is 746 g/mol. The molecule has 2 aromatic carbocycles. The Balaban J connectivity index is 1.11. The molecule has 0 saturated carbocycles. The molecular formula is C38H42Cl2N8O4. The van der Waals surface area contributed by atoms with E-state index in [4.69, 9.17) is 37.9 Å². The standard InChI is InChI=1S/C38H42Cl2N8O4/c1-38(2,3)32-22-34(47(44-32)21-20-45-18-7-4-8-19-45)48(51-24-49)37(50)41-30-15-16-31(27-11-6-5-10-26(27)30)52-25-14-17-33-42-43-36(46(33)23-25)35-28(39)12-9-13-29(35)40/h5-6,9-14,17,22-24,30-31H,4,7-8,15-16,18-21H2,1-3H3,(H,41,50)/t30-,31+/m0/s1. The highest BCUT2D eigenvalue weighted by Crippen LogP contribution is 2.40. The Labute approximate surface area is 312 Å². The van der Waals surface area contributed by atoms with Crippen molar-refractivity contribution in [3.63, 3.8) is 0 Å². The van der Waals surface area contributed by atoms with Crippen molar-refractivity contribution in [1.29, 1.82) is 0 Å². The number of nitrogens with one attached hydrogen (secondary N) is 1. The number of hydrogen-bond donors (Lipinski definition) is 1. The Morgan fingerprint density at radius 2 is 1.71 bits per heavy atom. The number of nitrogens with zero attached hydrogens (tertiary/aromatic N) is 7. The molecule has 0 radical (unpaired) electrons. The summed E-state index contributed by atoms with van der Waals surface area (Å²) in [5.74, 6) is 1.52. The summed E-state index contributed by atoms with van der Waals surface area (Å²) in [5.41, 5.74) is 3.58. The molecule has 5 aromatic rings. The first-order valence-electron chi connectivity index (χ1n) is 17.7. The Hall–Kier alpha value is -4.65. The molecule has 4 heterocycles. The number of aromatic nitrogens is 5. The fourth-order valence-electron chi connectivity index (χ4n) is 6.99. The van der Waals surface area contributed by atoms with E-state index in [1.807, 2.05) is 53.1 Å². The fourth-order valence-corrected chi connectivity index (χ4v) is 7.55. The van der Waals surface area contributed by atoms with Crippen molar-refractivity contribution < 1.29 is 19.2 Å². The highest BCUT2D eigenvalue weighted by Gasteiger charge is 2.33. The SMILES string of the molecule is CC(C)(C)c1cc(N(OC=O)C(=O)N[C@H]2CC[C@@H](Oc3ccc4nnc(-c5c(Cl)cccc5Cl)n4c3)c3ccccc32)n(CCN2CCCCC2)n1. The second-order valence-electron chi connectivity index (χ2n) is 14.3. The number of ether oxygens (including phenoxy) is 1. The summed E-state index contributed by atoms with van der Waals surface area (Å²) in [6.45, 7) is 9.88. The number of urea groups is 1. The minimum atomic E-state index is -0.560. The summed E-state index contributed by atoms with van der Waals surface area (Å²) in [6, 6.07) is 17.8. The number of benzene rings is 2. The van der Waals surface area contributed by atoms with Gasteiger partial charge in [0.15, 0.2) is 17.3 Å². The van der Waals surface area contributed by atoms with Crippen LogP contribution in [0.5, 0.6) is 5.75 Å². The lowest BCUT2D eigenvalue weighted by molar-refractivity contribution is -0.129. The normalized spacial score (nSPS) is 17.8. The third-order valence-electron chi connectivity index (χ3n) is 9.72. The Morgan fingerprint density at radius 3 is 2.44 bits per heavy atom. The van der Waals surface area contributed by atoms with Crippen molar-refractivity contribution in [2.24, 2.45) is 0 Å². The van der Waals surface area contributed by atoms with E-state index in [-0.39, 0.29) is 24.0 Å². The minimum Gasteiger partial charge on any atom is -0.484 e. The van der Waals surface area contributed by atoms with Gasteiger partial charge in [0.1, 0.15) is 11.9 Å². The maximum Gasteiger partial charge on any atom is 0.357 e. The van der Waals surface area contributed by atoms with Crippen molar-refractivity contribution >= 4 is 47.2 Å². The van der Waals surface area contributed by atoms with E-state index >= 15 is 0 Å². The van der Waals surface area contributed by atoms with Crippen molar-refractivity contribution in [2.45, 2.75) is 77.0 Å². The van der Waals surface area contributed by atoms with Crippen molar-refractivity contribution in [3.8, 4) is 17.1 Å². The Kier molecular flexibility index (Phi) is 10.4. The van der Waals surface area contributed by atoms with Crippen LogP contribution in [0.3, 0.4) is 0 Å². The van der Waals surface area contributed by atoms with Gasteiger partial charge in [0.2, 0.25) is 0 Å². The summed E-state index contributed by atoms with van der Waals surface area (Å²) in [4.78, 5) is 33.6. The van der Waals surface area contributed by atoms with Crippen LogP contribution < -0.4 is 15.1 Å². The Bertz CT molecular complexity index is 2050. The average Bonchev–Trinajstić information content (AvgIpc) is 3.76. The lowest BCUT2D eigenvalue weighted by Gasteiger charge is -2.33. The van der Waals surface area contributed by atoms with Crippen LogP contribution >= 0.6 is 23.2 Å². The molecule has 14 heteroatoms. The molecule has 1 aliphatic carbocycles. The number of carbonyl (C=O) groups excluding carboxylic acids is 2. The number of amides is 2. The largest absolute Gasteiger partial charge is 0.484 e. The number of carbonyl (C=O) groups is 2. The van der Waals surface area contributed by atoms with E-state index < -0.39 is 6.03 Å². The van der Waals surface area contributed by atoms with Gasteiger partial charge in [-0.05, 0) is 74.2 Å². The lowest BCUT2D eigenvalue weighted by Crippen LogP contribution is -2.44. The van der Waals surface area contributed by atoms with Crippen LogP contribution in [0.25, 0.3) is 17.0 Å². The van der Waals surface area contributed by atoms with Gasteiger partial charge in [-0.25, -0.2) is 9.48 Å². The van der Waals surface area contributed by atoms with Crippen LogP contribution in [-0.4, -0.2) is 61.4 Å². The summed E-state index contributed by atoms with van der Waals surface area (Å²) in [6.07, 6.45) is 6.33. The molecule has 0 bridgehead atoms. The van der Waals surface area contributed by atoms with E-state index in [1.165, 1.54) is 19.3 Å². The zero-order valence-corrected chi connectivity index (χ0v) is 31.0. The van der Waals surface area contributed by atoms with Crippen LogP contribution in [0.1, 0.15) is 81.8 Å². The topological polar surface area (TPSA) is 119 Å². The number of halogens is 2. The smallest absolute Gasteiger partial charge is 0.357 e. The zero-order chi connectivity index (χ0) is 36.4. The lowest BCUT2D eigenvalue weighted by atomic mass is 9.85. The molecule has 2 atom stereocenters. The molecule has 7 rings (SSSR count). The van der Waals surface area contributed by atoms with E-state index in [9.17, 15) is 9.59 Å². The molecule has 1 N–H and O–H groups in total. The van der Waals surface area contributed by atoms with Crippen molar-refractivity contribution in [1.82, 2.24) is 34.6 Å². The number of likely N-dealkylation sites (tertiary alicyclic amines) is 1. The van der Waals surface area contributed by atoms with E-state index in [0.29, 0.717) is 58.0 Å². The first-order chi connectivity index (χ1) is 25.1. The van der Waals surface area contributed by atoms with Gasteiger partial charge in [0, 0.05) is 18.0 Å². The van der Waals surface area contributed by atoms with E-state index in [0.717, 1.165) is 41.5 Å². The van der Waals surface area contributed by atoms with Gasteiger partial charge in [0.25, 0.3) is 0 Å². The third kappa shape index (κ3) is 7.46. The summed E-state index contributed by atoms with van der Waals surface area (Å²) >= 11 is 13.0. The number of anilines is 1. The molecule has 0 unspecified atom stereocenters. The molecule has 1 saturated heterocycles. The van der Waals surface area contributed by atoms with Gasteiger partial charge >= 0.3 is 12.5 Å². The number of hydrogen-bond acceptors (Lipinski definition) is 8. The molecule has 272 valence electrons. The second-order valence-corrected chi connectivity index (χ2v) is 15.1. The van der Waals surface area contributed by atoms with Gasteiger partial charge in [-0.15, -0.1) is 15.3 Å². The summed E-state index contributed by atoms with van der Waals surface area (Å²) in [7, 11) is 0. The predicted octanol–water partition coefficient (Wildman–Crippen LogP) is 7.94. The molecule has 2 amide bonds. The van der Waals surface area contributed by atoms with E-state index in [2.05, 4.69) is 41.2 Å². The first kappa shape index (κ1) is 35.7. The molecule has 0 spiro atoms. The van der Waals surface area contributed by atoms with Crippen LogP contribution in [0, 0.1) is 0 Å². The van der Waals surface area contributed by atoms with Gasteiger partial charge in [-0.1, -0.05) is 80.7 Å². The molecule has 1 aliphatic heterocycles. The maximum atomic E-state index is 14.0. The zero-order valence-electron chi connectivity index (χ0n) is 29.5. The number of pyridine rings is 1. The van der Waals surface area contributed by atoms with E-state index in [1.54, 1.807) is 22.9 Å². The van der Waals surface area contributed by atoms with Crippen molar-refractivity contribution in [2.75, 3.05) is 24.7 Å². The maximum absolute atomic E-state index is 14.0. The molecule has 12 nitrogen and oxygen atoms in total. The van der Waals surface area contributed by atoms with Crippen LogP contribution in [-0.2, 0) is 21.6 Å². The van der Waals surface area contributed by atoms with Crippen molar-refractivity contribution in [3.05, 3.63) is 93.7 Å². The molecular weight excluding hydrogens is 703 g/mol. The minimum absolute atomic E-state index is 0.273. The molecule has 3 aromatic heterocycles. The first-order valence-corrected chi connectivity index (χ1v) is 18.4.